The lowest BCUT2D eigenvalue weighted by Crippen LogP contribution is -2.48. The van der Waals surface area contributed by atoms with Crippen LogP contribution in [-0.2, 0) is 9.59 Å². The molecular formula is C13H12F3N3O4. The minimum Gasteiger partial charge on any atom is -0.406 e. The topological polar surface area (TPSA) is 96.5 Å². The van der Waals surface area contributed by atoms with E-state index in [9.17, 15) is 27.6 Å². The van der Waals surface area contributed by atoms with E-state index in [2.05, 4.69) is 10.1 Å². The van der Waals surface area contributed by atoms with Crippen molar-refractivity contribution in [1.82, 2.24) is 16.2 Å². The van der Waals surface area contributed by atoms with Crippen molar-refractivity contribution in [2.24, 2.45) is 0 Å². The van der Waals surface area contributed by atoms with Gasteiger partial charge in [-0.3, -0.25) is 25.2 Å². The second kappa shape index (κ2) is 6.55. The number of hydrogen-bond donors (Lipinski definition) is 3. The number of amides is 3. The Morgan fingerprint density at radius 3 is 2.13 bits per heavy atom. The normalized spacial score (nSPS) is 13.9. The zero-order valence-electron chi connectivity index (χ0n) is 11.6. The number of halogens is 3. The van der Waals surface area contributed by atoms with E-state index in [1.165, 1.54) is 0 Å². The molecule has 7 nitrogen and oxygen atoms in total. The molecule has 0 atom stereocenters. The van der Waals surface area contributed by atoms with Crippen LogP contribution in [-0.4, -0.2) is 30.1 Å². The van der Waals surface area contributed by atoms with Crippen molar-refractivity contribution < 1.29 is 32.3 Å². The maximum Gasteiger partial charge on any atom is 0.573 e. The minimum atomic E-state index is -4.83. The van der Waals surface area contributed by atoms with E-state index in [0.29, 0.717) is 0 Å². The molecule has 0 bridgehead atoms. The van der Waals surface area contributed by atoms with Crippen molar-refractivity contribution in [3.8, 4) is 5.75 Å². The molecule has 1 aliphatic rings. The van der Waals surface area contributed by atoms with Gasteiger partial charge in [-0.1, -0.05) is 0 Å². The van der Waals surface area contributed by atoms with Gasteiger partial charge in [-0.05, 0) is 37.1 Å². The van der Waals surface area contributed by atoms with Crippen LogP contribution < -0.4 is 20.9 Å². The molecular weight excluding hydrogens is 319 g/mol. The van der Waals surface area contributed by atoms with Crippen LogP contribution in [0.5, 0.6) is 5.75 Å². The number of rotatable bonds is 3. The Morgan fingerprint density at radius 1 is 1.00 bits per heavy atom. The number of nitrogens with one attached hydrogen (secondary N) is 3. The Kier molecular flexibility index (Phi) is 4.72. The highest BCUT2D eigenvalue weighted by Gasteiger charge is 2.31. The first-order chi connectivity index (χ1) is 10.7. The molecule has 1 saturated carbocycles. The molecule has 0 radical (unpaired) electrons. The van der Waals surface area contributed by atoms with Gasteiger partial charge < -0.3 is 10.1 Å². The van der Waals surface area contributed by atoms with Gasteiger partial charge in [0.2, 0.25) is 0 Å². The minimum absolute atomic E-state index is 0.00914. The summed E-state index contributed by atoms with van der Waals surface area (Å²) < 4.78 is 39.6. The van der Waals surface area contributed by atoms with Crippen LogP contribution in [0, 0.1) is 0 Å². The number of benzene rings is 1. The molecule has 1 fully saturated rings. The average molecular weight is 331 g/mol. The van der Waals surface area contributed by atoms with E-state index in [-0.39, 0.29) is 11.6 Å². The molecule has 1 aliphatic carbocycles. The summed E-state index contributed by atoms with van der Waals surface area (Å²) in [6, 6.07) is 4.04. The van der Waals surface area contributed by atoms with Crippen molar-refractivity contribution in [3.63, 3.8) is 0 Å². The Hall–Kier alpha value is -2.78. The molecule has 10 heteroatoms. The van der Waals surface area contributed by atoms with Crippen molar-refractivity contribution in [1.29, 1.82) is 0 Å². The van der Waals surface area contributed by atoms with E-state index in [1.807, 2.05) is 10.9 Å². The summed E-state index contributed by atoms with van der Waals surface area (Å²) in [7, 11) is 0. The summed E-state index contributed by atoms with van der Waals surface area (Å²) in [5.41, 5.74) is 3.86. The summed E-state index contributed by atoms with van der Waals surface area (Å²) in [5, 5.41) is 2.42. The quantitative estimate of drug-likeness (QED) is 0.559. The first kappa shape index (κ1) is 16.6. The van der Waals surface area contributed by atoms with Gasteiger partial charge in [0, 0.05) is 11.6 Å². The molecule has 1 aromatic carbocycles. The Bertz CT molecular complexity index is 612. The molecule has 0 spiro atoms. The molecule has 2 rings (SSSR count). The van der Waals surface area contributed by atoms with Crippen LogP contribution in [0.3, 0.4) is 0 Å². The van der Waals surface area contributed by atoms with Crippen LogP contribution in [0.1, 0.15) is 23.2 Å². The van der Waals surface area contributed by atoms with Gasteiger partial charge in [-0.15, -0.1) is 13.2 Å². The highest BCUT2D eigenvalue weighted by Crippen LogP contribution is 2.22. The standard InChI is InChI=1S/C13H12F3N3O4/c14-13(15,16)23-9-5-1-7(2-6-9)10(20)18-19-12(22)11(21)17-8-3-4-8/h1-2,5-6,8H,3-4H2,(H,17,21)(H,18,20)(H,19,22). The second-order valence-corrected chi connectivity index (χ2v) is 4.73. The molecule has 1 aromatic rings. The van der Waals surface area contributed by atoms with E-state index in [1.54, 1.807) is 0 Å². The summed E-state index contributed by atoms with van der Waals surface area (Å²) in [4.78, 5) is 34.4. The molecule has 3 amide bonds. The van der Waals surface area contributed by atoms with Crippen molar-refractivity contribution in [2.45, 2.75) is 25.2 Å². The van der Waals surface area contributed by atoms with Gasteiger partial charge in [0.25, 0.3) is 5.91 Å². The van der Waals surface area contributed by atoms with Crippen LogP contribution in [0.4, 0.5) is 13.2 Å². The van der Waals surface area contributed by atoms with Crippen molar-refractivity contribution in [3.05, 3.63) is 29.8 Å². The lowest BCUT2D eigenvalue weighted by Gasteiger charge is -2.10. The molecule has 0 aromatic heterocycles. The van der Waals surface area contributed by atoms with Crippen LogP contribution in [0.25, 0.3) is 0 Å². The van der Waals surface area contributed by atoms with E-state index < -0.39 is 29.8 Å². The highest BCUT2D eigenvalue weighted by atomic mass is 19.4. The van der Waals surface area contributed by atoms with Gasteiger partial charge in [0.05, 0.1) is 0 Å². The molecule has 0 heterocycles. The van der Waals surface area contributed by atoms with Gasteiger partial charge in [-0.25, -0.2) is 0 Å². The summed E-state index contributed by atoms with van der Waals surface area (Å²) in [5.74, 6) is -3.19. The number of alkyl halides is 3. The van der Waals surface area contributed by atoms with Gasteiger partial charge in [0.1, 0.15) is 5.75 Å². The molecule has 0 aliphatic heterocycles. The van der Waals surface area contributed by atoms with Gasteiger partial charge in [0.15, 0.2) is 0 Å². The number of hydrogen-bond acceptors (Lipinski definition) is 4. The fraction of sp³-hybridized carbons (Fsp3) is 0.308. The van der Waals surface area contributed by atoms with Crippen molar-refractivity contribution >= 4 is 17.7 Å². The summed E-state index contributed by atoms with van der Waals surface area (Å²) in [6.45, 7) is 0. The first-order valence-corrected chi connectivity index (χ1v) is 6.51. The molecule has 3 N–H and O–H groups in total. The predicted octanol–water partition coefficient (Wildman–Crippen LogP) is 0.625. The van der Waals surface area contributed by atoms with E-state index in [4.69, 9.17) is 0 Å². The van der Waals surface area contributed by atoms with E-state index in [0.717, 1.165) is 37.1 Å². The number of hydrazine groups is 1. The number of carbonyl (C=O) groups excluding carboxylic acids is 3. The third-order valence-corrected chi connectivity index (χ3v) is 2.76. The smallest absolute Gasteiger partial charge is 0.406 e. The Morgan fingerprint density at radius 2 is 1.61 bits per heavy atom. The van der Waals surface area contributed by atoms with Crippen molar-refractivity contribution in [2.75, 3.05) is 0 Å². The Labute approximate surface area is 128 Å². The molecule has 0 saturated heterocycles. The predicted molar refractivity (Wildman–Crippen MR) is 69.9 cm³/mol. The fourth-order valence-corrected chi connectivity index (χ4v) is 1.53. The maximum absolute atomic E-state index is 12.0. The Balaban J connectivity index is 1.82. The summed E-state index contributed by atoms with van der Waals surface area (Å²) in [6.07, 6.45) is -3.22. The molecule has 0 unspecified atom stereocenters. The lowest BCUT2D eigenvalue weighted by molar-refractivity contribution is -0.274. The lowest BCUT2D eigenvalue weighted by atomic mass is 10.2. The van der Waals surface area contributed by atoms with Crippen LogP contribution in [0.2, 0.25) is 0 Å². The molecule has 124 valence electrons. The third-order valence-electron chi connectivity index (χ3n) is 2.76. The number of ether oxygens (including phenoxy) is 1. The van der Waals surface area contributed by atoms with Gasteiger partial charge in [-0.2, -0.15) is 0 Å². The first-order valence-electron chi connectivity index (χ1n) is 6.51. The zero-order valence-corrected chi connectivity index (χ0v) is 11.6. The second-order valence-electron chi connectivity index (χ2n) is 4.73. The highest BCUT2D eigenvalue weighted by molar-refractivity contribution is 6.35. The monoisotopic (exact) mass is 331 g/mol. The SMILES string of the molecule is O=C(NNC(=O)c1ccc(OC(F)(F)F)cc1)C(=O)NC1CC1. The summed E-state index contributed by atoms with van der Waals surface area (Å²) >= 11 is 0. The zero-order chi connectivity index (χ0) is 17.0. The number of carbonyl (C=O) groups is 3. The van der Waals surface area contributed by atoms with Crippen LogP contribution in [0.15, 0.2) is 24.3 Å². The third kappa shape index (κ3) is 5.49. The van der Waals surface area contributed by atoms with Crippen LogP contribution >= 0.6 is 0 Å². The van der Waals surface area contributed by atoms with Gasteiger partial charge >= 0.3 is 18.2 Å². The maximum atomic E-state index is 12.0. The molecule has 23 heavy (non-hydrogen) atoms. The average Bonchev–Trinajstić information content (AvgIpc) is 3.27. The fourth-order valence-electron chi connectivity index (χ4n) is 1.53. The largest absolute Gasteiger partial charge is 0.573 e. The van der Waals surface area contributed by atoms with E-state index >= 15 is 0 Å².